The highest BCUT2D eigenvalue weighted by Gasteiger charge is 2.64. The third-order valence-electron chi connectivity index (χ3n) is 8.64. The Morgan fingerprint density at radius 3 is 2.03 bits per heavy atom. The number of ether oxygens (including phenoxy) is 2. The minimum absolute atomic E-state index is 0.0537. The van der Waals surface area contributed by atoms with Crippen LogP contribution in [0, 0.1) is 5.92 Å². The van der Waals surface area contributed by atoms with Crippen molar-refractivity contribution in [1.82, 2.24) is 0 Å². The predicted octanol–water partition coefficient (Wildman–Crippen LogP) is 5.98. The van der Waals surface area contributed by atoms with E-state index in [2.05, 4.69) is 82.3 Å². The highest BCUT2D eigenvalue weighted by molar-refractivity contribution is 6.74. The Labute approximate surface area is 210 Å². The van der Waals surface area contributed by atoms with Crippen LogP contribution in [0.1, 0.15) is 82.1 Å². The summed E-state index contributed by atoms with van der Waals surface area (Å²) in [5.74, 6) is 0.118. The smallest absolute Gasteiger partial charge is 0.349 e. The van der Waals surface area contributed by atoms with Gasteiger partial charge in [-0.3, -0.25) is 0 Å². The van der Waals surface area contributed by atoms with Gasteiger partial charge in [-0.25, -0.2) is 0 Å². The standard InChI is InChI=1S/C26H50O6Si2/c1-17-22-20(29-18(13-14-27)23(17)32-33(11,12)24(2,3)4)15-19-21(30-22)16-28-34(31-19,25(5,6)7)26(8,9)10/h14,17-23H,13,15-16H2,1-12H3/t17-,18-,19+,20-,21+,22-,23+/m0/s1. The molecule has 6 nitrogen and oxygen atoms in total. The maximum atomic E-state index is 11.6. The average molecular weight is 515 g/mol. The average Bonchev–Trinajstić information content (AvgIpc) is 2.67. The fraction of sp³-hybridized carbons (Fsp3) is 0.962. The van der Waals surface area contributed by atoms with Crippen LogP contribution in [0.25, 0.3) is 0 Å². The van der Waals surface area contributed by atoms with Crippen LogP contribution < -0.4 is 0 Å². The monoisotopic (exact) mass is 514 g/mol. The molecule has 0 aromatic heterocycles. The van der Waals surface area contributed by atoms with Gasteiger partial charge in [0.1, 0.15) is 12.4 Å². The van der Waals surface area contributed by atoms with Gasteiger partial charge in [-0.05, 0) is 18.1 Å². The van der Waals surface area contributed by atoms with Gasteiger partial charge in [-0.1, -0.05) is 69.2 Å². The van der Waals surface area contributed by atoms with Gasteiger partial charge in [0.15, 0.2) is 8.32 Å². The minimum Gasteiger partial charge on any atom is -0.411 e. The third kappa shape index (κ3) is 5.02. The zero-order valence-corrected chi connectivity index (χ0v) is 25.7. The van der Waals surface area contributed by atoms with E-state index in [-0.39, 0.29) is 57.7 Å². The maximum Gasteiger partial charge on any atom is 0.349 e. The van der Waals surface area contributed by atoms with Crippen molar-refractivity contribution < 1.29 is 27.5 Å². The van der Waals surface area contributed by atoms with E-state index in [9.17, 15) is 4.79 Å². The topological polar surface area (TPSA) is 63.2 Å². The van der Waals surface area contributed by atoms with Crippen molar-refractivity contribution in [3.8, 4) is 0 Å². The molecule has 0 aromatic carbocycles. The van der Waals surface area contributed by atoms with Crippen molar-refractivity contribution >= 4 is 23.2 Å². The van der Waals surface area contributed by atoms with Gasteiger partial charge in [-0.2, -0.15) is 0 Å². The van der Waals surface area contributed by atoms with Crippen molar-refractivity contribution in [2.75, 3.05) is 6.61 Å². The van der Waals surface area contributed by atoms with Crippen molar-refractivity contribution in [1.29, 1.82) is 0 Å². The first-order chi connectivity index (χ1) is 15.3. The van der Waals surface area contributed by atoms with Crippen molar-refractivity contribution in [3.63, 3.8) is 0 Å². The first kappa shape index (κ1) is 28.5. The normalized spacial score (nSPS) is 37.0. The van der Waals surface area contributed by atoms with Crippen LogP contribution in [-0.2, 0) is 27.5 Å². The molecule has 3 aliphatic heterocycles. The molecule has 0 radical (unpaired) electrons. The summed E-state index contributed by atoms with van der Waals surface area (Å²) in [6, 6.07) is 0. The first-order valence-corrected chi connectivity index (χ1v) is 17.8. The molecule has 3 rings (SSSR count). The summed E-state index contributed by atoms with van der Waals surface area (Å²) in [5, 5.41) is -0.0708. The summed E-state index contributed by atoms with van der Waals surface area (Å²) in [6.45, 7) is 27.4. The second-order valence-electron chi connectivity index (χ2n) is 14.3. The van der Waals surface area contributed by atoms with Crippen LogP contribution in [0.2, 0.25) is 28.2 Å². The van der Waals surface area contributed by atoms with E-state index in [1.165, 1.54) is 0 Å². The van der Waals surface area contributed by atoms with Crippen LogP contribution >= 0.6 is 0 Å². The quantitative estimate of drug-likeness (QED) is 0.339. The van der Waals surface area contributed by atoms with E-state index in [1.807, 2.05) is 0 Å². The molecule has 0 aliphatic carbocycles. The van der Waals surface area contributed by atoms with Gasteiger partial charge in [0, 0.05) is 28.8 Å². The molecule has 34 heavy (non-hydrogen) atoms. The SMILES string of the molecule is C[C@@H]1[C@@H](O[Si](C)(C)C(C)(C)C)[C@H](CC=O)O[C@H]2C[C@H]3O[Si](C(C)(C)C)(C(C)(C)C)OC[C@H]3O[C@@H]12. The molecule has 3 aliphatic rings. The van der Waals surface area contributed by atoms with Crippen molar-refractivity contribution in [3.05, 3.63) is 0 Å². The fourth-order valence-corrected chi connectivity index (χ4v) is 12.3. The molecule has 3 fully saturated rings. The fourth-order valence-electron chi connectivity index (χ4n) is 5.93. The summed E-state index contributed by atoms with van der Waals surface area (Å²) >= 11 is 0. The lowest BCUT2D eigenvalue weighted by Gasteiger charge is -2.58. The lowest BCUT2D eigenvalue weighted by atomic mass is 9.82. The largest absolute Gasteiger partial charge is 0.411 e. The molecule has 3 heterocycles. The molecule has 3 saturated heterocycles. The van der Waals surface area contributed by atoms with Gasteiger partial charge in [-0.15, -0.1) is 0 Å². The molecular weight excluding hydrogens is 464 g/mol. The molecule has 0 amide bonds. The lowest BCUT2D eigenvalue weighted by Crippen LogP contribution is -2.69. The van der Waals surface area contributed by atoms with Crippen LogP contribution in [0.5, 0.6) is 0 Å². The van der Waals surface area contributed by atoms with E-state index in [0.717, 1.165) is 12.7 Å². The Hall–Kier alpha value is -0.0962. The number of hydrogen-bond acceptors (Lipinski definition) is 6. The highest BCUT2D eigenvalue weighted by Crippen LogP contribution is 2.55. The van der Waals surface area contributed by atoms with Gasteiger partial charge < -0.3 is 27.5 Å². The van der Waals surface area contributed by atoms with Crippen LogP contribution in [-0.4, -0.2) is 66.4 Å². The Kier molecular flexibility index (Phi) is 7.82. The van der Waals surface area contributed by atoms with E-state index in [4.69, 9.17) is 22.8 Å². The van der Waals surface area contributed by atoms with E-state index in [1.54, 1.807) is 0 Å². The molecular formula is C26H50O6Si2. The first-order valence-electron chi connectivity index (χ1n) is 13.1. The summed E-state index contributed by atoms with van der Waals surface area (Å²) in [7, 11) is -4.63. The van der Waals surface area contributed by atoms with Crippen LogP contribution in [0.3, 0.4) is 0 Å². The second-order valence-corrected chi connectivity index (χ2v) is 23.8. The van der Waals surface area contributed by atoms with Crippen LogP contribution in [0.4, 0.5) is 0 Å². The van der Waals surface area contributed by atoms with Gasteiger partial charge in [0.25, 0.3) is 0 Å². The number of hydrogen-bond donors (Lipinski definition) is 0. The second kappa shape index (κ2) is 9.33. The summed E-state index contributed by atoms with van der Waals surface area (Å²) in [6.07, 6.45) is 1.31. The summed E-state index contributed by atoms with van der Waals surface area (Å²) in [4.78, 5) is 11.6. The number of carbonyl (C=O) groups excluding carboxylic acids is 1. The van der Waals surface area contributed by atoms with Crippen molar-refractivity contribution in [2.24, 2.45) is 5.92 Å². The molecule has 0 unspecified atom stereocenters. The van der Waals surface area contributed by atoms with Gasteiger partial charge in [0.2, 0.25) is 0 Å². The van der Waals surface area contributed by atoms with E-state index >= 15 is 0 Å². The third-order valence-corrected chi connectivity index (χ3v) is 18.3. The number of aldehydes is 1. The Bertz CT molecular complexity index is 721. The van der Waals surface area contributed by atoms with Crippen molar-refractivity contribution in [2.45, 2.75) is 147 Å². The molecule has 7 atom stereocenters. The highest BCUT2D eigenvalue weighted by atomic mass is 28.4. The van der Waals surface area contributed by atoms with Gasteiger partial charge >= 0.3 is 8.56 Å². The molecule has 0 spiro atoms. The zero-order chi connectivity index (χ0) is 25.9. The van der Waals surface area contributed by atoms with E-state index < -0.39 is 16.9 Å². The number of carbonyl (C=O) groups is 1. The molecule has 0 N–H and O–H groups in total. The summed E-state index contributed by atoms with van der Waals surface area (Å²) < 4.78 is 33.7. The molecule has 8 heteroatoms. The number of fused-ring (bicyclic) bond motifs is 2. The summed E-state index contributed by atoms with van der Waals surface area (Å²) in [5.41, 5.74) is 0. The van der Waals surface area contributed by atoms with E-state index in [0.29, 0.717) is 13.0 Å². The number of rotatable bonds is 4. The minimum atomic E-state index is -2.58. The Morgan fingerprint density at radius 1 is 0.941 bits per heavy atom. The van der Waals surface area contributed by atoms with Crippen LogP contribution in [0.15, 0.2) is 0 Å². The molecule has 198 valence electrons. The maximum absolute atomic E-state index is 11.6. The molecule has 0 aromatic rings. The Balaban J connectivity index is 1.84. The Morgan fingerprint density at radius 2 is 1.53 bits per heavy atom. The predicted molar refractivity (Wildman–Crippen MR) is 140 cm³/mol. The molecule has 0 saturated carbocycles. The van der Waals surface area contributed by atoms with Gasteiger partial charge in [0.05, 0.1) is 37.1 Å². The zero-order valence-electron chi connectivity index (χ0n) is 23.7. The molecule has 0 bridgehead atoms. The lowest BCUT2D eigenvalue weighted by molar-refractivity contribution is -0.272.